The van der Waals surface area contributed by atoms with Crippen LogP contribution in [0.15, 0.2) is 48.5 Å². The van der Waals surface area contributed by atoms with E-state index in [9.17, 15) is 4.79 Å². The van der Waals surface area contributed by atoms with Crippen molar-refractivity contribution in [3.63, 3.8) is 0 Å². The fraction of sp³-hybridized carbons (Fsp3) is 0.515. The summed E-state index contributed by atoms with van der Waals surface area (Å²) < 4.78 is 17.4. The van der Waals surface area contributed by atoms with Gasteiger partial charge < -0.3 is 24.1 Å². The van der Waals surface area contributed by atoms with E-state index in [4.69, 9.17) is 19.2 Å². The van der Waals surface area contributed by atoms with Crippen molar-refractivity contribution in [1.82, 2.24) is 14.9 Å². The summed E-state index contributed by atoms with van der Waals surface area (Å²) in [6.45, 7) is 5.67. The largest absolute Gasteiger partial charge is 0.494 e. The molecule has 0 unspecified atom stereocenters. The van der Waals surface area contributed by atoms with Crippen LogP contribution in [0.3, 0.4) is 0 Å². The number of H-pyrrole nitrogens is 1. The van der Waals surface area contributed by atoms with Gasteiger partial charge in [0.15, 0.2) is 0 Å². The van der Waals surface area contributed by atoms with Crippen LogP contribution in [0.2, 0.25) is 0 Å². The van der Waals surface area contributed by atoms with Gasteiger partial charge in [-0.15, -0.1) is 0 Å². The minimum atomic E-state index is -0.428. The second-order valence-electron chi connectivity index (χ2n) is 11.7. The highest BCUT2D eigenvalue weighted by Crippen LogP contribution is 2.53. The van der Waals surface area contributed by atoms with Crippen LogP contribution in [0.1, 0.15) is 57.3 Å². The molecule has 0 saturated heterocycles. The molecule has 40 heavy (non-hydrogen) atoms. The summed E-state index contributed by atoms with van der Waals surface area (Å²) in [6, 6.07) is 14.5. The van der Waals surface area contributed by atoms with Crippen LogP contribution < -0.4 is 9.47 Å². The maximum atomic E-state index is 12.9. The molecule has 0 radical (unpaired) electrons. The summed E-state index contributed by atoms with van der Waals surface area (Å²) in [5, 5.41) is 0. The van der Waals surface area contributed by atoms with Crippen molar-refractivity contribution in [3.05, 3.63) is 59.9 Å². The summed E-state index contributed by atoms with van der Waals surface area (Å²) in [4.78, 5) is 23.5. The van der Waals surface area contributed by atoms with E-state index in [0.717, 1.165) is 80.0 Å². The monoisotopic (exact) mass is 545 g/mol. The Labute approximate surface area is 237 Å². The zero-order chi connectivity index (χ0) is 28.3. The molecule has 1 aromatic heterocycles. The number of aromatic amines is 1. The molecule has 7 heteroatoms. The summed E-state index contributed by atoms with van der Waals surface area (Å²) in [5.74, 6) is 2.90. The first-order chi connectivity index (χ1) is 19.3. The zero-order valence-corrected chi connectivity index (χ0v) is 24.5. The number of nitrogens with zero attached hydrogens (tertiary/aromatic N) is 2. The maximum absolute atomic E-state index is 12.9. The van der Waals surface area contributed by atoms with Crippen LogP contribution in [0.5, 0.6) is 11.5 Å². The number of fused-ring (bicyclic) bond motifs is 3. The highest BCUT2D eigenvalue weighted by Gasteiger charge is 2.50. The third kappa shape index (κ3) is 5.75. The molecule has 1 heterocycles. The normalized spacial score (nSPS) is 22.1. The highest BCUT2D eigenvalue weighted by atomic mass is 16.6. The van der Waals surface area contributed by atoms with Gasteiger partial charge in [0.2, 0.25) is 0 Å². The topological polar surface area (TPSA) is 76.7 Å². The van der Waals surface area contributed by atoms with Gasteiger partial charge in [-0.1, -0.05) is 50.3 Å². The zero-order valence-electron chi connectivity index (χ0n) is 24.5. The lowest BCUT2D eigenvalue weighted by Crippen LogP contribution is -2.51. The Kier molecular flexibility index (Phi) is 8.50. The van der Waals surface area contributed by atoms with Crippen LogP contribution in [-0.4, -0.2) is 60.8 Å². The number of esters is 1. The predicted molar refractivity (Wildman–Crippen MR) is 159 cm³/mol. The second kappa shape index (κ2) is 12.0. The fourth-order valence-corrected chi connectivity index (χ4v) is 6.46. The first-order valence-electron chi connectivity index (χ1n) is 14.6. The average Bonchev–Trinajstić information content (AvgIpc) is 3.40. The SMILES string of the molecule is COc1ccc(OC)c2[nH]c(CCCN(C)CC[C@]3(OC(=O)C(C)C)C[C@@H]4CC[C@@H]3C=C4c3ccccc3)nc12. The van der Waals surface area contributed by atoms with Crippen LogP contribution in [0.25, 0.3) is 16.6 Å². The molecule has 2 bridgehead atoms. The summed E-state index contributed by atoms with van der Waals surface area (Å²) >= 11 is 0. The van der Waals surface area contributed by atoms with Crippen molar-refractivity contribution in [1.29, 1.82) is 0 Å². The Hall–Kier alpha value is -3.32. The van der Waals surface area contributed by atoms with Gasteiger partial charge in [0.1, 0.15) is 34.0 Å². The van der Waals surface area contributed by atoms with Gasteiger partial charge in [-0.25, -0.2) is 4.98 Å². The molecule has 3 atom stereocenters. The van der Waals surface area contributed by atoms with E-state index in [1.807, 2.05) is 26.0 Å². The molecular weight excluding hydrogens is 502 g/mol. The number of carbonyl (C=O) groups is 1. The molecule has 1 saturated carbocycles. The van der Waals surface area contributed by atoms with Gasteiger partial charge in [-0.2, -0.15) is 0 Å². The molecule has 0 amide bonds. The number of carbonyl (C=O) groups excluding carboxylic acids is 1. The fourth-order valence-electron chi connectivity index (χ4n) is 6.46. The predicted octanol–water partition coefficient (Wildman–Crippen LogP) is 6.29. The molecule has 3 aliphatic carbocycles. The van der Waals surface area contributed by atoms with Crippen LogP contribution >= 0.6 is 0 Å². The molecule has 1 fully saturated rings. The van der Waals surface area contributed by atoms with Crippen molar-refractivity contribution in [3.8, 4) is 11.5 Å². The number of imidazole rings is 1. The Morgan fingerprint density at radius 3 is 2.50 bits per heavy atom. The summed E-state index contributed by atoms with van der Waals surface area (Å²) in [7, 11) is 5.49. The number of hydrogen-bond donors (Lipinski definition) is 1. The maximum Gasteiger partial charge on any atom is 0.308 e. The summed E-state index contributed by atoms with van der Waals surface area (Å²) in [5.41, 5.74) is 3.98. The van der Waals surface area contributed by atoms with Crippen molar-refractivity contribution in [2.24, 2.45) is 17.8 Å². The molecule has 3 aliphatic rings. The second-order valence-corrected chi connectivity index (χ2v) is 11.7. The van der Waals surface area contributed by atoms with E-state index >= 15 is 0 Å². The molecule has 1 N–H and O–H groups in total. The van der Waals surface area contributed by atoms with Gasteiger partial charge in [0, 0.05) is 25.3 Å². The smallest absolute Gasteiger partial charge is 0.308 e. The number of aryl methyl sites for hydroxylation is 1. The molecule has 0 aliphatic heterocycles. The van der Waals surface area contributed by atoms with E-state index in [0.29, 0.717) is 5.92 Å². The number of allylic oxidation sites excluding steroid dienone is 1. The van der Waals surface area contributed by atoms with Crippen LogP contribution in [0, 0.1) is 17.8 Å². The molecule has 0 spiro atoms. The van der Waals surface area contributed by atoms with E-state index < -0.39 is 5.60 Å². The highest BCUT2D eigenvalue weighted by molar-refractivity contribution is 5.87. The lowest BCUT2D eigenvalue weighted by Gasteiger charge is -2.50. The number of methoxy groups -OCH3 is 2. The van der Waals surface area contributed by atoms with Gasteiger partial charge in [0.25, 0.3) is 0 Å². The van der Waals surface area contributed by atoms with E-state index in [-0.39, 0.29) is 17.8 Å². The van der Waals surface area contributed by atoms with Crippen LogP contribution in [0.4, 0.5) is 0 Å². The minimum Gasteiger partial charge on any atom is -0.494 e. The average molecular weight is 546 g/mol. The number of rotatable bonds is 12. The van der Waals surface area contributed by atoms with Crippen molar-refractivity contribution >= 4 is 22.6 Å². The van der Waals surface area contributed by atoms with Gasteiger partial charge >= 0.3 is 5.97 Å². The standard InChI is InChI=1S/C33H43N3O4/c1-22(2)32(37)40-33(21-24-13-14-25(33)20-26(24)23-10-7-6-8-11-23)17-19-36(3)18-9-12-29-34-30-27(38-4)15-16-28(39-5)31(30)35-29/h6-8,10-11,15-16,20,22,24-25H,9,12-14,17-19,21H2,1-5H3,(H,34,35)/t24-,25+,33-/m0/s1. The lowest BCUT2D eigenvalue weighted by atomic mass is 9.60. The lowest BCUT2D eigenvalue weighted by molar-refractivity contribution is -0.176. The van der Waals surface area contributed by atoms with Crippen molar-refractivity contribution in [2.45, 2.75) is 58.0 Å². The first-order valence-corrected chi connectivity index (χ1v) is 14.6. The van der Waals surface area contributed by atoms with Crippen molar-refractivity contribution in [2.75, 3.05) is 34.4 Å². The third-order valence-corrected chi connectivity index (χ3v) is 8.73. The van der Waals surface area contributed by atoms with Gasteiger partial charge in [0.05, 0.1) is 20.1 Å². The molecule has 7 nitrogen and oxygen atoms in total. The number of aromatic nitrogens is 2. The Balaban J connectivity index is 1.24. The Morgan fingerprint density at radius 2 is 1.82 bits per heavy atom. The quantitative estimate of drug-likeness (QED) is 0.270. The van der Waals surface area contributed by atoms with Crippen LogP contribution in [-0.2, 0) is 16.0 Å². The molecular formula is C33H43N3O4. The number of ether oxygens (including phenoxy) is 3. The van der Waals surface area contributed by atoms with Crippen molar-refractivity contribution < 1.29 is 19.0 Å². The number of nitrogens with one attached hydrogen (secondary N) is 1. The van der Waals surface area contributed by atoms with E-state index in [2.05, 4.69) is 53.3 Å². The summed E-state index contributed by atoms with van der Waals surface area (Å²) in [6.07, 6.45) is 8.21. The number of benzene rings is 2. The van der Waals surface area contributed by atoms with Gasteiger partial charge in [-0.3, -0.25) is 4.79 Å². The molecule has 214 valence electrons. The van der Waals surface area contributed by atoms with E-state index in [1.54, 1.807) is 14.2 Å². The molecule has 2 aromatic carbocycles. The van der Waals surface area contributed by atoms with E-state index in [1.165, 1.54) is 11.1 Å². The van der Waals surface area contributed by atoms with Gasteiger partial charge in [-0.05, 0) is 68.5 Å². The minimum absolute atomic E-state index is 0.0828. The third-order valence-electron chi connectivity index (χ3n) is 8.73. The Bertz CT molecular complexity index is 1310. The molecule has 3 aromatic rings. The molecule has 6 rings (SSSR count). The Morgan fingerprint density at radius 1 is 1.07 bits per heavy atom. The first kappa shape index (κ1) is 28.2. The number of hydrogen-bond acceptors (Lipinski definition) is 6.